The van der Waals surface area contributed by atoms with Crippen molar-refractivity contribution in [2.45, 2.75) is 56.7 Å². The van der Waals surface area contributed by atoms with E-state index in [0.717, 1.165) is 38.8 Å². The van der Waals surface area contributed by atoms with Crippen LogP contribution in [-0.4, -0.2) is 52.9 Å². The van der Waals surface area contributed by atoms with Gasteiger partial charge in [-0.1, -0.05) is 30.3 Å². The van der Waals surface area contributed by atoms with Gasteiger partial charge in [-0.25, -0.2) is 9.69 Å². The van der Waals surface area contributed by atoms with Crippen LogP contribution < -0.4 is 5.73 Å². The molecule has 1 saturated carbocycles. The summed E-state index contributed by atoms with van der Waals surface area (Å²) in [6.07, 6.45) is 3.46. The van der Waals surface area contributed by atoms with Crippen molar-refractivity contribution in [1.29, 1.82) is 0 Å². The zero-order chi connectivity index (χ0) is 19.7. The van der Waals surface area contributed by atoms with Gasteiger partial charge in [-0.15, -0.1) is 0 Å². The highest BCUT2D eigenvalue weighted by atomic mass is 16.6. The first-order valence-electron chi connectivity index (χ1n) is 10.2. The fourth-order valence-corrected chi connectivity index (χ4v) is 4.66. The number of nitrogens with two attached hydrogens (primary N) is 1. The number of amides is 3. The van der Waals surface area contributed by atoms with Crippen LogP contribution in [0, 0.1) is 5.92 Å². The number of hydrogen-bond acceptors (Lipinski definition) is 5. The highest BCUT2D eigenvalue weighted by Gasteiger charge is 2.46. The second kappa shape index (κ2) is 7.91. The van der Waals surface area contributed by atoms with Crippen molar-refractivity contribution >= 4 is 17.9 Å². The van der Waals surface area contributed by atoms with E-state index in [2.05, 4.69) is 0 Å². The molecule has 7 heteroatoms. The predicted octanol–water partition coefficient (Wildman–Crippen LogP) is 2.21. The minimum absolute atomic E-state index is 0.0433. The molecule has 2 heterocycles. The summed E-state index contributed by atoms with van der Waals surface area (Å²) >= 11 is 0. The monoisotopic (exact) mass is 385 g/mol. The third-order valence-corrected chi connectivity index (χ3v) is 6.30. The van der Waals surface area contributed by atoms with Crippen molar-refractivity contribution in [3.05, 3.63) is 35.9 Å². The Morgan fingerprint density at radius 1 is 1.04 bits per heavy atom. The van der Waals surface area contributed by atoms with Crippen molar-refractivity contribution in [1.82, 2.24) is 9.80 Å². The van der Waals surface area contributed by atoms with Crippen LogP contribution in [0.5, 0.6) is 0 Å². The highest BCUT2D eigenvalue weighted by Crippen LogP contribution is 2.35. The van der Waals surface area contributed by atoms with E-state index in [4.69, 9.17) is 10.5 Å². The van der Waals surface area contributed by atoms with Crippen LogP contribution in [0.1, 0.15) is 50.2 Å². The van der Waals surface area contributed by atoms with E-state index >= 15 is 0 Å². The predicted molar refractivity (Wildman–Crippen MR) is 102 cm³/mol. The number of hydrogen-bond donors (Lipinski definition) is 1. The van der Waals surface area contributed by atoms with E-state index in [0.29, 0.717) is 18.4 Å². The lowest BCUT2D eigenvalue weighted by Gasteiger charge is -2.35. The molecule has 2 atom stereocenters. The zero-order valence-electron chi connectivity index (χ0n) is 16.0. The molecule has 3 aliphatic rings. The third kappa shape index (κ3) is 3.51. The Kier molecular flexibility index (Phi) is 5.35. The quantitative estimate of drug-likeness (QED) is 0.858. The van der Waals surface area contributed by atoms with Gasteiger partial charge in [0.2, 0.25) is 12.0 Å². The number of nitrogens with zero attached hydrogens (tertiary/aromatic N) is 2. The van der Waals surface area contributed by atoms with Gasteiger partial charge in [-0.2, -0.15) is 0 Å². The smallest absolute Gasteiger partial charge is 0.418 e. The average Bonchev–Trinajstić information content (AvgIpc) is 3.36. The maximum atomic E-state index is 12.8. The Morgan fingerprint density at radius 3 is 2.32 bits per heavy atom. The molecule has 1 aromatic carbocycles. The van der Waals surface area contributed by atoms with E-state index in [1.807, 2.05) is 23.1 Å². The second-order valence-electron chi connectivity index (χ2n) is 8.01. The number of likely N-dealkylation sites (tertiary alicyclic amines) is 1. The number of rotatable bonds is 4. The largest absolute Gasteiger partial charge is 0.431 e. The second-order valence-corrected chi connectivity index (χ2v) is 8.01. The van der Waals surface area contributed by atoms with Crippen LogP contribution >= 0.6 is 0 Å². The molecule has 2 saturated heterocycles. The standard InChI is InChI=1S/C21H27N3O4/c22-17(19(25)23-12-4-5-13-23)14-8-10-16(11-9-14)24-20(26)18(28-21(24)27)15-6-2-1-3-7-15/h1-3,6-7,14,16-18H,4-5,8-13,22H2/t14?,16?,17-,18-/m0/s1. The lowest BCUT2D eigenvalue weighted by Crippen LogP contribution is -2.49. The Morgan fingerprint density at radius 2 is 1.68 bits per heavy atom. The first-order chi connectivity index (χ1) is 13.6. The van der Waals surface area contributed by atoms with Gasteiger partial charge in [0.15, 0.2) is 0 Å². The molecule has 0 unspecified atom stereocenters. The van der Waals surface area contributed by atoms with Gasteiger partial charge in [-0.05, 0) is 44.4 Å². The van der Waals surface area contributed by atoms with E-state index in [1.165, 1.54) is 4.90 Å². The van der Waals surface area contributed by atoms with E-state index in [-0.39, 0.29) is 23.8 Å². The molecule has 2 N–H and O–H groups in total. The number of ether oxygens (including phenoxy) is 1. The van der Waals surface area contributed by atoms with E-state index in [9.17, 15) is 14.4 Å². The molecule has 0 spiro atoms. The summed E-state index contributed by atoms with van der Waals surface area (Å²) in [5.74, 6) is -0.151. The SMILES string of the molecule is N[C@H](C(=O)N1CCCC1)C1CCC(N2C(=O)O[C@@H](c3ccccc3)C2=O)CC1. The van der Waals surface area contributed by atoms with Crippen LogP contribution in [0.4, 0.5) is 4.79 Å². The van der Waals surface area contributed by atoms with Crippen molar-refractivity contribution < 1.29 is 19.1 Å². The summed E-state index contributed by atoms with van der Waals surface area (Å²) in [6.45, 7) is 1.60. The molecule has 3 fully saturated rings. The maximum Gasteiger partial charge on any atom is 0.418 e. The Balaban J connectivity index is 1.36. The van der Waals surface area contributed by atoms with Gasteiger partial charge in [0.25, 0.3) is 5.91 Å². The normalized spacial score (nSPS) is 29.1. The third-order valence-electron chi connectivity index (χ3n) is 6.30. The number of cyclic esters (lactones) is 1. The van der Waals surface area contributed by atoms with Crippen LogP contribution in [0.15, 0.2) is 30.3 Å². The molecule has 0 aromatic heterocycles. The molecule has 3 amide bonds. The highest BCUT2D eigenvalue weighted by molar-refractivity contribution is 6.01. The van der Waals surface area contributed by atoms with Crippen LogP contribution in [0.2, 0.25) is 0 Å². The topological polar surface area (TPSA) is 92.9 Å². The molecular weight excluding hydrogens is 358 g/mol. The first-order valence-corrected chi connectivity index (χ1v) is 10.2. The minimum atomic E-state index is -0.856. The van der Waals surface area contributed by atoms with Gasteiger partial charge < -0.3 is 15.4 Å². The van der Waals surface area contributed by atoms with Gasteiger partial charge in [0, 0.05) is 24.7 Å². The molecule has 2 aliphatic heterocycles. The van der Waals surface area contributed by atoms with Crippen molar-refractivity contribution in [2.75, 3.05) is 13.1 Å². The lowest BCUT2D eigenvalue weighted by molar-refractivity contribution is -0.134. The molecule has 1 aromatic rings. The molecule has 28 heavy (non-hydrogen) atoms. The summed E-state index contributed by atoms with van der Waals surface area (Å²) in [7, 11) is 0. The van der Waals surface area contributed by atoms with Gasteiger partial charge in [0.05, 0.1) is 6.04 Å². The van der Waals surface area contributed by atoms with Crippen molar-refractivity contribution in [2.24, 2.45) is 11.7 Å². The Hall–Kier alpha value is -2.41. The van der Waals surface area contributed by atoms with Crippen LogP contribution in [-0.2, 0) is 14.3 Å². The van der Waals surface area contributed by atoms with Crippen LogP contribution in [0.25, 0.3) is 0 Å². The summed E-state index contributed by atoms with van der Waals surface area (Å²) in [6, 6.07) is 8.41. The summed E-state index contributed by atoms with van der Waals surface area (Å²) in [5.41, 5.74) is 6.95. The van der Waals surface area contributed by atoms with Gasteiger partial charge >= 0.3 is 6.09 Å². The Bertz CT molecular complexity index is 739. The van der Waals surface area contributed by atoms with E-state index in [1.54, 1.807) is 12.1 Å². The molecular formula is C21H27N3O4. The fraction of sp³-hybridized carbons (Fsp3) is 0.571. The Labute approximate surface area is 164 Å². The summed E-state index contributed by atoms with van der Waals surface area (Å²) in [4.78, 5) is 40.9. The fourth-order valence-electron chi connectivity index (χ4n) is 4.66. The minimum Gasteiger partial charge on any atom is -0.431 e. The van der Waals surface area contributed by atoms with E-state index < -0.39 is 18.2 Å². The molecule has 0 bridgehead atoms. The molecule has 0 radical (unpaired) electrons. The van der Waals surface area contributed by atoms with Gasteiger partial charge in [-0.3, -0.25) is 9.59 Å². The van der Waals surface area contributed by atoms with Crippen molar-refractivity contribution in [3.63, 3.8) is 0 Å². The van der Waals surface area contributed by atoms with Crippen LogP contribution in [0.3, 0.4) is 0 Å². The first kappa shape index (κ1) is 18.9. The zero-order valence-corrected chi connectivity index (χ0v) is 16.0. The molecule has 1 aliphatic carbocycles. The number of carbonyl (C=O) groups is 3. The van der Waals surface area contributed by atoms with Gasteiger partial charge in [0.1, 0.15) is 0 Å². The summed E-state index contributed by atoms with van der Waals surface area (Å²) in [5, 5.41) is 0. The molecule has 150 valence electrons. The van der Waals surface area contributed by atoms with Crippen molar-refractivity contribution in [3.8, 4) is 0 Å². The number of imide groups is 1. The lowest BCUT2D eigenvalue weighted by atomic mass is 9.81. The number of benzene rings is 1. The molecule has 4 rings (SSSR count). The average molecular weight is 385 g/mol. The maximum absolute atomic E-state index is 12.8. The number of carbonyl (C=O) groups excluding carboxylic acids is 3. The molecule has 7 nitrogen and oxygen atoms in total. The summed E-state index contributed by atoms with van der Waals surface area (Å²) < 4.78 is 5.36.